The molecular formula is C22H40O7S2. The first-order valence-corrected chi connectivity index (χ1v) is 10.7. The van der Waals surface area contributed by atoms with E-state index in [0.717, 1.165) is 44.6 Å². The first-order chi connectivity index (χ1) is 13.5. The third-order valence-corrected chi connectivity index (χ3v) is 4.91. The van der Waals surface area contributed by atoms with E-state index >= 15 is 0 Å². The Labute approximate surface area is 197 Å². The lowest BCUT2D eigenvalue weighted by Gasteiger charge is -2.11. The predicted octanol–water partition coefficient (Wildman–Crippen LogP) is 5.00. The van der Waals surface area contributed by atoms with Crippen LogP contribution in [0.3, 0.4) is 0 Å². The Morgan fingerprint density at radius 3 is 2.13 bits per heavy atom. The van der Waals surface area contributed by atoms with Crippen LogP contribution in [0.2, 0.25) is 0 Å². The van der Waals surface area contributed by atoms with Crippen molar-refractivity contribution < 1.29 is 33.3 Å². The van der Waals surface area contributed by atoms with Crippen molar-refractivity contribution in [1.29, 1.82) is 0 Å². The molecule has 2 aliphatic rings. The van der Waals surface area contributed by atoms with Crippen molar-refractivity contribution in [2.75, 3.05) is 38.8 Å². The molecule has 182 valence electrons. The van der Waals surface area contributed by atoms with Crippen LogP contribution >= 0.6 is 24.0 Å². The molecule has 0 unspecified atom stereocenters. The first-order valence-electron chi connectivity index (χ1n) is 9.30. The Balaban J connectivity index is -0.000000399. The molecule has 0 bridgehead atoms. The molecule has 0 radical (unpaired) electrons. The smallest absolute Gasteiger partial charge is 0.348 e. The second-order valence-electron chi connectivity index (χ2n) is 5.73. The van der Waals surface area contributed by atoms with Gasteiger partial charge in [-0.15, -0.1) is 11.3 Å². The number of Topliss-reactive ketones (excluding diaryl/α,β-unsaturated/α-hetero) is 1. The average molecular weight is 481 g/mol. The summed E-state index contributed by atoms with van der Waals surface area (Å²) in [4.78, 5) is 33.7. The average Bonchev–Trinajstić information content (AvgIpc) is 3.14. The van der Waals surface area contributed by atoms with Gasteiger partial charge < -0.3 is 18.9 Å². The lowest BCUT2D eigenvalue weighted by molar-refractivity contribution is -0.139. The van der Waals surface area contributed by atoms with Crippen molar-refractivity contribution in [1.82, 2.24) is 0 Å². The number of rotatable bonds is 4. The maximum atomic E-state index is 11.4. The summed E-state index contributed by atoms with van der Waals surface area (Å²) in [6.07, 6.45) is 3.69. The Hall–Kier alpha value is -1.58. The SMILES string of the molecule is C.C.C.CCOC(=O)CS.CCOC(=O)c1cc2c(s1)CCCO2.O=C1CCCOC1. The van der Waals surface area contributed by atoms with E-state index < -0.39 is 0 Å². The fourth-order valence-electron chi connectivity index (χ4n) is 2.26. The number of fused-ring (bicyclic) bond motifs is 1. The molecule has 2 aliphatic heterocycles. The van der Waals surface area contributed by atoms with Crippen LogP contribution in [0.15, 0.2) is 6.07 Å². The molecule has 0 aliphatic carbocycles. The van der Waals surface area contributed by atoms with E-state index in [9.17, 15) is 14.4 Å². The van der Waals surface area contributed by atoms with E-state index in [0.29, 0.717) is 24.7 Å². The van der Waals surface area contributed by atoms with Crippen LogP contribution in [-0.2, 0) is 30.2 Å². The molecule has 0 N–H and O–H groups in total. The number of hydrogen-bond acceptors (Lipinski definition) is 9. The summed E-state index contributed by atoms with van der Waals surface area (Å²) >= 11 is 5.16. The van der Waals surface area contributed by atoms with Crippen molar-refractivity contribution in [3.63, 3.8) is 0 Å². The summed E-state index contributed by atoms with van der Waals surface area (Å²) in [7, 11) is 0. The summed E-state index contributed by atoms with van der Waals surface area (Å²) in [5, 5.41) is 0. The van der Waals surface area contributed by atoms with Crippen LogP contribution in [0.5, 0.6) is 5.75 Å². The maximum Gasteiger partial charge on any atom is 0.348 e. The number of esters is 2. The molecule has 0 saturated carbocycles. The number of thiophene rings is 1. The lowest BCUT2D eigenvalue weighted by atomic mass is 10.2. The summed E-state index contributed by atoms with van der Waals surface area (Å²) < 4.78 is 19.7. The minimum atomic E-state index is -0.258. The molecule has 1 aromatic heterocycles. The molecule has 0 aromatic carbocycles. The number of thiol groups is 1. The standard InChI is InChI=1S/C10H12O3S.C5H8O2.C4H8O2S.3CH4/c1-2-12-10(11)9-6-7-8(14-9)4-3-5-13-7;6-5-2-1-3-7-4-5;1-2-6-4(5)3-7;;;/h6H,2-5H2,1H3;1-4H2;7H,2-3H2,1H3;3*1H4. The molecule has 3 heterocycles. The van der Waals surface area contributed by atoms with Gasteiger partial charge in [-0.25, -0.2) is 4.79 Å². The maximum absolute atomic E-state index is 11.4. The van der Waals surface area contributed by atoms with Crippen LogP contribution in [0, 0.1) is 0 Å². The molecule has 3 rings (SSSR count). The second-order valence-corrected chi connectivity index (χ2v) is 7.18. The second kappa shape index (κ2) is 20.3. The highest BCUT2D eigenvalue weighted by molar-refractivity contribution is 7.81. The number of carbonyl (C=O) groups excluding carboxylic acids is 3. The van der Waals surface area contributed by atoms with Gasteiger partial charge in [0.2, 0.25) is 0 Å². The van der Waals surface area contributed by atoms with Crippen molar-refractivity contribution in [3.8, 4) is 5.75 Å². The van der Waals surface area contributed by atoms with Crippen molar-refractivity contribution in [3.05, 3.63) is 15.8 Å². The highest BCUT2D eigenvalue weighted by Crippen LogP contribution is 2.33. The molecule has 1 saturated heterocycles. The van der Waals surface area contributed by atoms with Gasteiger partial charge in [-0.1, -0.05) is 22.3 Å². The number of ketones is 1. The van der Waals surface area contributed by atoms with Crippen molar-refractivity contribution in [2.45, 2.75) is 61.8 Å². The van der Waals surface area contributed by atoms with Gasteiger partial charge in [-0.05, 0) is 33.1 Å². The van der Waals surface area contributed by atoms with Gasteiger partial charge in [0.15, 0.2) is 5.78 Å². The normalized spacial score (nSPS) is 13.5. The van der Waals surface area contributed by atoms with E-state index in [-0.39, 0.29) is 45.8 Å². The van der Waals surface area contributed by atoms with E-state index in [1.165, 1.54) is 16.2 Å². The Morgan fingerprint density at radius 2 is 1.71 bits per heavy atom. The number of aryl methyl sites for hydroxylation is 1. The fraction of sp³-hybridized carbons (Fsp3) is 0.682. The molecule has 0 amide bonds. The third kappa shape index (κ3) is 14.2. The molecule has 1 fully saturated rings. The number of hydrogen-bond donors (Lipinski definition) is 1. The van der Waals surface area contributed by atoms with Gasteiger partial charge in [0, 0.05) is 24.0 Å². The molecule has 0 spiro atoms. The minimum absolute atomic E-state index is 0. The van der Waals surface area contributed by atoms with E-state index in [1.54, 1.807) is 13.0 Å². The molecule has 9 heteroatoms. The summed E-state index contributed by atoms with van der Waals surface area (Å²) in [5.41, 5.74) is 0. The van der Waals surface area contributed by atoms with Crippen molar-refractivity contribution in [2.24, 2.45) is 0 Å². The third-order valence-electron chi connectivity index (χ3n) is 3.49. The van der Waals surface area contributed by atoms with Gasteiger partial charge in [0.25, 0.3) is 0 Å². The quantitative estimate of drug-likeness (QED) is 0.479. The molecule has 0 atom stereocenters. The van der Waals surface area contributed by atoms with Gasteiger partial charge in [0.1, 0.15) is 17.2 Å². The molecular weight excluding hydrogens is 440 g/mol. The van der Waals surface area contributed by atoms with Crippen LogP contribution in [-0.4, -0.2) is 56.5 Å². The van der Waals surface area contributed by atoms with Crippen LogP contribution < -0.4 is 4.74 Å². The minimum Gasteiger partial charge on any atom is -0.492 e. The lowest BCUT2D eigenvalue weighted by Crippen LogP contribution is -2.15. The highest BCUT2D eigenvalue weighted by Gasteiger charge is 2.18. The van der Waals surface area contributed by atoms with E-state index in [4.69, 9.17) is 14.2 Å². The van der Waals surface area contributed by atoms with Crippen LogP contribution in [0.4, 0.5) is 0 Å². The zero-order valence-electron chi connectivity index (χ0n) is 16.4. The largest absolute Gasteiger partial charge is 0.492 e. The number of carbonyl (C=O) groups is 3. The monoisotopic (exact) mass is 480 g/mol. The van der Waals surface area contributed by atoms with Crippen LogP contribution in [0.1, 0.15) is 69.9 Å². The summed E-state index contributed by atoms with van der Waals surface area (Å²) in [5.74, 6) is 0.783. The van der Waals surface area contributed by atoms with Gasteiger partial charge in [-0.3, -0.25) is 9.59 Å². The molecule has 31 heavy (non-hydrogen) atoms. The first kappa shape index (κ1) is 34.0. The van der Waals surface area contributed by atoms with Gasteiger partial charge in [-0.2, -0.15) is 12.6 Å². The van der Waals surface area contributed by atoms with Crippen LogP contribution in [0.25, 0.3) is 0 Å². The Morgan fingerprint density at radius 1 is 1.06 bits per heavy atom. The molecule has 1 aromatic rings. The topological polar surface area (TPSA) is 88.1 Å². The Kier molecular flexibility index (Phi) is 22.3. The summed E-state index contributed by atoms with van der Waals surface area (Å²) in [6, 6.07) is 1.79. The van der Waals surface area contributed by atoms with Crippen molar-refractivity contribution >= 4 is 41.7 Å². The van der Waals surface area contributed by atoms with Gasteiger partial charge >= 0.3 is 11.9 Å². The van der Waals surface area contributed by atoms with E-state index in [2.05, 4.69) is 17.4 Å². The fourth-order valence-corrected chi connectivity index (χ4v) is 3.39. The van der Waals surface area contributed by atoms with E-state index in [1.807, 2.05) is 6.92 Å². The summed E-state index contributed by atoms with van der Waals surface area (Å²) in [6.45, 7) is 6.31. The zero-order valence-corrected chi connectivity index (χ0v) is 18.1. The highest BCUT2D eigenvalue weighted by atomic mass is 32.1. The molecule has 7 nitrogen and oxygen atoms in total. The zero-order chi connectivity index (χ0) is 20.8. The Bertz CT molecular complexity index is 590. The van der Waals surface area contributed by atoms with Gasteiger partial charge in [0.05, 0.1) is 25.6 Å². The number of ether oxygens (including phenoxy) is 4. The predicted molar refractivity (Wildman–Crippen MR) is 130 cm³/mol.